The first kappa shape index (κ1) is 10.9. The first-order valence-corrected chi connectivity index (χ1v) is 3.87. The van der Waals surface area contributed by atoms with Gasteiger partial charge in [-0.05, 0) is 25.7 Å². The summed E-state index contributed by atoms with van der Waals surface area (Å²) >= 11 is 0. The van der Waals surface area contributed by atoms with Crippen LogP contribution in [0.15, 0.2) is 0 Å². The van der Waals surface area contributed by atoms with Crippen LogP contribution in [-0.4, -0.2) is 5.60 Å². The summed E-state index contributed by atoms with van der Waals surface area (Å²) in [6, 6.07) is 0. The highest BCUT2D eigenvalue weighted by Gasteiger charge is 2.26. The predicted molar refractivity (Wildman–Crippen MR) is 45.7 cm³/mol. The zero-order chi connectivity index (χ0) is 9.12. The van der Waals surface area contributed by atoms with E-state index in [0.29, 0.717) is 0 Å². The van der Waals surface area contributed by atoms with Gasteiger partial charge in [0.05, 0.1) is 5.60 Å². The lowest BCUT2D eigenvalue weighted by Crippen LogP contribution is -2.29. The number of hydrogen-bond acceptors (Lipinski definition) is 2. The van der Waals surface area contributed by atoms with E-state index in [4.69, 9.17) is 4.89 Å². The van der Waals surface area contributed by atoms with Gasteiger partial charge in [0, 0.05) is 0 Å². The molecule has 0 bridgehead atoms. The second-order valence-electron chi connectivity index (χ2n) is 4.70. The standard InChI is InChI=1S/C9H19O2/c1-8(2,3)7-9(4,5)11-10-6/h6-7H2,1-5H3. The maximum Gasteiger partial charge on any atom is 0.109 e. The Morgan fingerprint density at radius 2 is 1.55 bits per heavy atom. The lowest BCUT2D eigenvalue weighted by atomic mass is 9.84. The highest BCUT2D eigenvalue weighted by atomic mass is 17.2. The summed E-state index contributed by atoms with van der Waals surface area (Å²) in [5.41, 5.74) is 0.00201. The molecule has 0 saturated carbocycles. The van der Waals surface area contributed by atoms with Crippen molar-refractivity contribution in [2.75, 3.05) is 0 Å². The number of rotatable bonds is 3. The Kier molecular flexibility index (Phi) is 3.52. The molecule has 1 radical (unpaired) electrons. The first-order valence-electron chi connectivity index (χ1n) is 3.87. The van der Waals surface area contributed by atoms with Gasteiger partial charge < -0.3 is 0 Å². The second-order valence-corrected chi connectivity index (χ2v) is 4.70. The van der Waals surface area contributed by atoms with Crippen molar-refractivity contribution in [2.45, 2.75) is 46.6 Å². The monoisotopic (exact) mass is 159 g/mol. The highest BCUT2D eigenvalue weighted by molar-refractivity contribution is 4.75. The summed E-state index contributed by atoms with van der Waals surface area (Å²) in [5.74, 6) is 0. The summed E-state index contributed by atoms with van der Waals surface area (Å²) in [6.45, 7) is 10.5. The zero-order valence-corrected chi connectivity index (χ0v) is 8.23. The molecule has 0 N–H and O–H groups in total. The van der Waals surface area contributed by atoms with Gasteiger partial charge in [-0.2, -0.15) is 0 Å². The van der Waals surface area contributed by atoms with Gasteiger partial charge in [-0.25, -0.2) is 9.78 Å². The maximum atomic E-state index is 4.99. The lowest BCUT2D eigenvalue weighted by Gasteiger charge is -2.30. The summed E-state index contributed by atoms with van der Waals surface area (Å²) in [5, 5.41) is 0. The molecule has 2 nitrogen and oxygen atoms in total. The summed E-state index contributed by atoms with van der Waals surface area (Å²) in [4.78, 5) is 9.40. The van der Waals surface area contributed by atoms with Crippen molar-refractivity contribution in [3.05, 3.63) is 7.11 Å². The minimum atomic E-state index is -0.250. The smallest absolute Gasteiger partial charge is 0.109 e. The van der Waals surface area contributed by atoms with Gasteiger partial charge in [-0.3, -0.25) is 0 Å². The van der Waals surface area contributed by atoms with Crippen LogP contribution in [0.3, 0.4) is 0 Å². The Balaban J connectivity index is 3.91. The van der Waals surface area contributed by atoms with Crippen LogP contribution in [0.5, 0.6) is 0 Å². The molecular weight excluding hydrogens is 140 g/mol. The van der Waals surface area contributed by atoms with Gasteiger partial charge in [0.1, 0.15) is 7.11 Å². The van der Waals surface area contributed by atoms with E-state index < -0.39 is 0 Å². The highest BCUT2D eigenvalue weighted by Crippen LogP contribution is 2.29. The predicted octanol–water partition coefficient (Wildman–Crippen LogP) is 2.94. The first-order chi connectivity index (χ1) is 4.77. The summed E-state index contributed by atoms with van der Waals surface area (Å²) in [7, 11) is 3.18. The molecule has 0 aliphatic heterocycles. The fraction of sp³-hybridized carbons (Fsp3) is 0.889. The van der Waals surface area contributed by atoms with Crippen molar-refractivity contribution in [2.24, 2.45) is 5.41 Å². The molecule has 67 valence electrons. The van der Waals surface area contributed by atoms with Crippen LogP contribution in [0.2, 0.25) is 0 Å². The van der Waals surface area contributed by atoms with E-state index in [2.05, 4.69) is 32.8 Å². The quantitative estimate of drug-likeness (QED) is 0.465. The molecule has 0 aromatic rings. The third kappa shape index (κ3) is 6.32. The molecule has 0 amide bonds. The molecule has 0 saturated heterocycles. The molecule has 0 aromatic heterocycles. The average molecular weight is 159 g/mol. The van der Waals surface area contributed by atoms with Crippen LogP contribution >= 0.6 is 0 Å². The molecule has 2 heteroatoms. The molecule has 0 aromatic carbocycles. The van der Waals surface area contributed by atoms with Crippen LogP contribution in [0.4, 0.5) is 0 Å². The van der Waals surface area contributed by atoms with Crippen molar-refractivity contribution in [1.29, 1.82) is 0 Å². The fourth-order valence-corrected chi connectivity index (χ4v) is 1.47. The molecule has 0 fully saturated rings. The fourth-order valence-electron chi connectivity index (χ4n) is 1.47. The Morgan fingerprint density at radius 1 is 1.09 bits per heavy atom. The largest absolute Gasteiger partial charge is 0.234 e. The van der Waals surface area contributed by atoms with Crippen LogP contribution in [-0.2, 0) is 9.78 Å². The normalized spacial score (nSPS) is 13.6. The second kappa shape index (κ2) is 3.55. The lowest BCUT2D eigenvalue weighted by molar-refractivity contribution is -0.325. The minimum absolute atomic E-state index is 0.250. The molecule has 0 unspecified atom stereocenters. The molecule has 0 aliphatic carbocycles. The molecule has 11 heavy (non-hydrogen) atoms. The van der Waals surface area contributed by atoms with Crippen LogP contribution in [0.25, 0.3) is 0 Å². The van der Waals surface area contributed by atoms with Crippen LogP contribution in [0.1, 0.15) is 41.0 Å². The van der Waals surface area contributed by atoms with Crippen molar-refractivity contribution in [3.63, 3.8) is 0 Å². The van der Waals surface area contributed by atoms with Gasteiger partial charge in [0.25, 0.3) is 0 Å². The van der Waals surface area contributed by atoms with Gasteiger partial charge >= 0.3 is 0 Å². The molecule has 0 heterocycles. The zero-order valence-electron chi connectivity index (χ0n) is 8.23. The van der Waals surface area contributed by atoms with Crippen molar-refractivity contribution < 1.29 is 9.78 Å². The van der Waals surface area contributed by atoms with Crippen LogP contribution in [0, 0.1) is 12.5 Å². The molecule has 0 atom stereocenters. The summed E-state index contributed by atoms with van der Waals surface area (Å²) in [6.07, 6.45) is 0.940. The van der Waals surface area contributed by atoms with Gasteiger partial charge in [-0.1, -0.05) is 20.8 Å². The molecule has 0 rings (SSSR count). The number of hydrogen-bond donors (Lipinski definition) is 0. The van der Waals surface area contributed by atoms with Crippen molar-refractivity contribution in [1.82, 2.24) is 0 Å². The van der Waals surface area contributed by atoms with E-state index in [1.165, 1.54) is 0 Å². The van der Waals surface area contributed by atoms with E-state index in [1.54, 1.807) is 0 Å². The Labute approximate surface area is 69.8 Å². The summed E-state index contributed by atoms with van der Waals surface area (Å²) < 4.78 is 0. The van der Waals surface area contributed by atoms with E-state index in [-0.39, 0.29) is 11.0 Å². The third-order valence-electron chi connectivity index (χ3n) is 1.24. The van der Waals surface area contributed by atoms with E-state index in [1.807, 2.05) is 13.8 Å². The van der Waals surface area contributed by atoms with Crippen molar-refractivity contribution >= 4 is 0 Å². The topological polar surface area (TPSA) is 18.5 Å². The maximum absolute atomic E-state index is 4.99. The van der Waals surface area contributed by atoms with E-state index in [0.717, 1.165) is 6.42 Å². The molecule has 0 aliphatic rings. The van der Waals surface area contributed by atoms with Crippen molar-refractivity contribution in [3.8, 4) is 0 Å². The van der Waals surface area contributed by atoms with E-state index in [9.17, 15) is 0 Å². The van der Waals surface area contributed by atoms with Gasteiger partial charge in [0.15, 0.2) is 0 Å². The Bertz CT molecular complexity index is 111. The third-order valence-corrected chi connectivity index (χ3v) is 1.24. The van der Waals surface area contributed by atoms with E-state index >= 15 is 0 Å². The Morgan fingerprint density at radius 3 is 1.82 bits per heavy atom. The van der Waals surface area contributed by atoms with Crippen LogP contribution < -0.4 is 0 Å². The van der Waals surface area contributed by atoms with Gasteiger partial charge in [-0.15, -0.1) is 0 Å². The SMILES string of the molecule is [CH2]OOC(C)(C)CC(C)(C)C. The minimum Gasteiger partial charge on any atom is -0.234 e. The molecular formula is C9H19O2. The molecule has 0 spiro atoms. The average Bonchev–Trinajstić information content (AvgIpc) is 1.55. The van der Waals surface area contributed by atoms with Gasteiger partial charge in [0.2, 0.25) is 0 Å². The Hall–Kier alpha value is -0.0800.